The molecule has 0 spiro atoms. The van der Waals surface area contributed by atoms with Gasteiger partial charge in [-0.05, 0) is 59.1 Å². The smallest absolute Gasteiger partial charge is 0.311 e. The summed E-state index contributed by atoms with van der Waals surface area (Å²) in [7, 11) is 0. The van der Waals surface area contributed by atoms with Crippen LogP contribution in [0.5, 0.6) is 0 Å². The van der Waals surface area contributed by atoms with Gasteiger partial charge in [0, 0.05) is 11.1 Å². The first-order chi connectivity index (χ1) is 13.5. The van der Waals surface area contributed by atoms with Crippen LogP contribution in [0, 0.1) is 10.8 Å². The summed E-state index contributed by atoms with van der Waals surface area (Å²) in [5.74, 6) is -0.651. The Labute approximate surface area is 173 Å². The molecule has 0 saturated carbocycles. The van der Waals surface area contributed by atoms with Gasteiger partial charge in [-0.25, -0.2) is 0 Å². The quantitative estimate of drug-likeness (QED) is 0.627. The first-order valence-electron chi connectivity index (χ1n) is 10.1. The molecule has 0 bridgehead atoms. The molecule has 2 atom stereocenters. The van der Waals surface area contributed by atoms with Crippen LogP contribution in [-0.4, -0.2) is 11.9 Å². The van der Waals surface area contributed by atoms with Gasteiger partial charge in [-0.1, -0.05) is 48.5 Å². The van der Waals surface area contributed by atoms with E-state index in [9.17, 15) is 9.59 Å². The predicted molar refractivity (Wildman–Crippen MR) is 112 cm³/mol. The zero-order valence-corrected chi connectivity index (χ0v) is 18.1. The van der Waals surface area contributed by atoms with Crippen LogP contribution in [0.15, 0.2) is 48.5 Å². The van der Waals surface area contributed by atoms with E-state index in [0.29, 0.717) is 6.42 Å². The Bertz CT molecular complexity index is 839. The van der Waals surface area contributed by atoms with Crippen molar-refractivity contribution in [3.8, 4) is 0 Å². The number of hydrogen-bond acceptors (Lipinski definition) is 4. The van der Waals surface area contributed by atoms with Crippen molar-refractivity contribution < 1.29 is 19.1 Å². The van der Waals surface area contributed by atoms with Crippen LogP contribution >= 0.6 is 0 Å². The molecule has 2 aromatic rings. The van der Waals surface area contributed by atoms with Crippen molar-refractivity contribution in [2.24, 2.45) is 10.8 Å². The van der Waals surface area contributed by atoms with E-state index in [1.807, 2.05) is 90.1 Å². The van der Waals surface area contributed by atoms with Gasteiger partial charge in [0.05, 0.1) is 10.8 Å². The van der Waals surface area contributed by atoms with Crippen molar-refractivity contribution in [2.45, 2.75) is 60.2 Å². The largest absolute Gasteiger partial charge is 0.453 e. The molecule has 0 amide bonds. The zero-order chi connectivity index (χ0) is 21.4. The van der Waals surface area contributed by atoms with E-state index in [4.69, 9.17) is 9.47 Å². The van der Waals surface area contributed by atoms with Gasteiger partial charge < -0.3 is 9.47 Å². The molecule has 0 saturated heterocycles. The molecule has 0 aliphatic heterocycles. The van der Waals surface area contributed by atoms with Crippen LogP contribution < -0.4 is 0 Å². The summed E-state index contributed by atoms with van der Waals surface area (Å²) in [4.78, 5) is 25.7. The van der Waals surface area contributed by atoms with Crippen LogP contribution in [0.3, 0.4) is 0 Å². The maximum Gasteiger partial charge on any atom is 0.311 e. The van der Waals surface area contributed by atoms with Crippen LogP contribution in [-0.2, 0) is 25.5 Å². The van der Waals surface area contributed by atoms with Crippen molar-refractivity contribution >= 4 is 11.9 Å². The van der Waals surface area contributed by atoms with E-state index < -0.39 is 23.0 Å². The summed E-state index contributed by atoms with van der Waals surface area (Å²) in [5.41, 5.74) is 2.57. The van der Waals surface area contributed by atoms with E-state index in [1.54, 1.807) is 0 Å². The number of carbonyl (C=O) groups excluding carboxylic acids is 2. The Morgan fingerprint density at radius 2 is 1.03 bits per heavy atom. The topological polar surface area (TPSA) is 52.6 Å². The van der Waals surface area contributed by atoms with Gasteiger partial charge in [0.1, 0.15) is 0 Å². The molecule has 0 fully saturated rings. The molecular weight excluding hydrogens is 364 g/mol. The summed E-state index contributed by atoms with van der Waals surface area (Å²) < 4.78 is 12.1. The van der Waals surface area contributed by atoms with E-state index in [1.165, 1.54) is 0 Å². The van der Waals surface area contributed by atoms with Crippen molar-refractivity contribution in [1.29, 1.82) is 0 Å². The maximum absolute atomic E-state index is 12.8. The van der Waals surface area contributed by atoms with Crippen molar-refractivity contribution in [1.82, 2.24) is 0 Å². The minimum absolute atomic E-state index is 0.325. The second-order valence-corrected chi connectivity index (χ2v) is 9.73. The van der Waals surface area contributed by atoms with Gasteiger partial charge >= 0.3 is 11.9 Å². The number of carbonyl (C=O) groups is 2. The summed E-state index contributed by atoms with van der Waals surface area (Å²) in [6.45, 7) is 10.9. The zero-order valence-electron chi connectivity index (χ0n) is 18.1. The lowest BCUT2D eigenvalue weighted by Crippen LogP contribution is -2.31. The minimum Gasteiger partial charge on any atom is -0.453 e. The fraction of sp³-hybridized carbons (Fsp3) is 0.440. The average molecular weight is 395 g/mol. The highest BCUT2D eigenvalue weighted by atomic mass is 16.6. The highest BCUT2D eigenvalue weighted by molar-refractivity contribution is 5.77. The Balaban J connectivity index is 2.15. The van der Waals surface area contributed by atoms with Gasteiger partial charge in [-0.3, -0.25) is 9.59 Å². The average Bonchev–Trinajstić information content (AvgIpc) is 2.75. The Kier molecular flexibility index (Phi) is 5.57. The molecule has 0 heterocycles. The molecule has 0 unspecified atom stereocenters. The van der Waals surface area contributed by atoms with Gasteiger partial charge in [0.2, 0.25) is 0 Å². The van der Waals surface area contributed by atoms with Gasteiger partial charge in [-0.2, -0.15) is 0 Å². The van der Waals surface area contributed by atoms with Gasteiger partial charge in [0.25, 0.3) is 0 Å². The number of hydrogen-bond donors (Lipinski definition) is 0. The summed E-state index contributed by atoms with van der Waals surface area (Å²) in [5, 5.41) is 0. The standard InChI is InChI=1S/C25H30O4/c1-24(2,3)22(26)28-20-18-13-9-7-11-16(18)15-17-12-8-10-14-19(17)21(20)29-23(27)25(4,5)6/h7-14,20-21H,15H2,1-6H3/t20-,21-/m0/s1. The van der Waals surface area contributed by atoms with E-state index in [-0.39, 0.29) is 11.9 Å². The molecular formula is C25H30O4. The van der Waals surface area contributed by atoms with Gasteiger partial charge in [-0.15, -0.1) is 0 Å². The van der Waals surface area contributed by atoms with Crippen LogP contribution in [0.2, 0.25) is 0 Å². The van der Waals surface area contributed by atoms with Crippen LogP contribution in [0.25, 0.3) is 0 Å². The lowest BCUT2D eigenvalue weighted by Gasteiger charge is -2.31. The molecule has 4 nitrogen and oxygen atoms in total. The normalized spacial score (nSPS) is 18.8. The molecule has 0 radical (unpaired) electrons. The Hall–Kier alpha value is -2.62. The van der Waals surface area contributed by atoms with E-state index in [0.717, 1.165) is 22.3 Å². The van der Waals surface area contributed by atoms with E-state index in [2.05, 4.69) is 0 Å². The van der Waals surface area contributed by atoms with Crippen molar-refractivity contribution in [2.75, 3.05) is 0 Å². The molecule has 3 rings (SSSR count). The highest BCUT2D eigenvalue weighted by Crippen LogP contribution is 2.44. The third-order valence-electron chi connectivity index (χ3n) is 5.07. The first kappa shape index (κ1) is 21.1. The fourth-order valence-electron chi connectivity index (χ4n) is 3.31. The molecule has 2 aromatic carbocycles. The van der Waals surface area contributed by atoms with Crippen molar-refractivity contribution in [3.05, 3.63) is 70.8 Å². The lowest BCUT2D eigenvalue weighted by atomic mass is 9.94. The number of esters is 2. The SMILES string of the molecule is CC(C)(C)C(=O)O[C@H]1c2ccccc2Cc2ccccc2[C@@H]1OC(=O)C(C)(C)C. The third kappa shape index (κ3) is 4.52. The summed E-state index contributed by atoms with van der Waals surface area (Å²) >= 11 is 0. The Morgan fingerprint density at radius 1 is 0.690 bits per heavy atom. The monoisotopic (exact) mass is 394 g/mol. The predicted octanol–water partition coefficient (Wildman–Crippen LogP) is 5.55. The molecule has 1 aliphatic carbocycles. The van der Waals surface area contributed by atoms with Gasteiger partial charge in [0.15, 0.2) is 12.2 Å². The Morgan fingerprint density at radius 3 is 1.38 bits per heavy atom. The number of benzene rings is 2. The highest BCUT2D eigenvalue weighted by Gasteiger charge is 2.40. The summed E-state index contributed by atoms with van der Waals surface area (Å²) in [6.07, 6.45) is -0.708. The van der Waals surface area contributed by atoms with E-state index >= 15 is 0 Å². The van der Waals surface area contributed by atoms with Crippen LogP contribution in [0.4, 0.5) is 0 Å². The second-order valence-electron chi connectivity index (χ2n) is 9.73. The maximum atomic E-state index is 12.8. The van der Waals surface area contributed by atoms with Crippen molar-refractivity contribution in [3.63, 3.8) is 0 Å². The molecule has 29 heavy (non-hydrogen) atoms. The third-order valence-corrected chi connectivity index (χ3v) is 5.07. The number of rotatable bonds is 2. The minimum atomic E-state index is -0.701. The lowest BCUT2D eigenvalue weighted by molar-refractivity contribution is -0.179. The molecule has 154 valence electrons. The first-order valence-corrected chi connectivity index (χ1v) is 10.1. The number of ether oxygens (including phenoxy) is 2. The molecule has 0 aromatic heterocycles. The fourth-order valence-corrected chi connectivity index (χ4v) is 3.31. The molecule has 0 N–H and O–H groups in total. The second kappa shape index (κ2) is 7.66. The summed E-state index contributed by atoms with van der Waals surface area (Å²) in [6, 6.07) is 15.8. The number of fused-ring (bicyclic) bond motifs is 2. The molecule has 1 aliphatic rings. The molecule has 4 heteroatoms. The van der Waals surface area contributed by atoms with Crippen LogP contribution in [0.1, 0.15) is 76.0 Å².